The molecule has 0 spiro atoms. The number of nitrogens with zero attached hydrogens (tertiary/aromatic N) is 1. The van der Waals surface area contributed by atoms with Gasteiger partial charge in [-0.2, -0.15) is 0 Å². The van der Waals surface area contributed by atoms with Crippen molar-refractivity contribution in [1.82, 2.24) is 4.98 Å². The van der Waals surface area contributed by atoms with Gasteiger partial charge in [0.05, 0.1) is 6.20 Å². The van der Waals surface area contributed by atoms with Crippen LogP contribution in [0.25, 0.3) is 0 Å². The highest BCUT2D eigenvalue weighted by molar-refractivity contribution is 6.20. The average molecular weight is 228 g/mol. The summed E-state index contributed by atoms with van der Waals surface area (Å²) >= 11 is 5.89. The van der Waals surface area contributed by atoms with Crippen LogP contribution >= 0.6 is 11.6 Å². The Balaban J connectivity index is 1.82. The van der Waals surface area contributed by atoms with Crippen molar-refractivity contribution >= 4 is 11.6 Å². The maximum Gasteiger partial charge on any atom is 0.212 e. The van der Waals surface area contributed by atoms with Gasteiger partial charge in [0, 0.05) is 6.42 Å². The number of hydrogen-bond acceptors (Lipinski definition) is 2. The maximum absolute atomic E-state index is 5.89. The number of rotatable bonds is 4. The van der Waals surface area contributed by atoms with Crippen LogP contribution in [0.1, 0.15) is 56.1 Å². The maximum atomic E-state index is 5.89. The van der Waals surface area contributed by atoms with Gasteiger partial charge >= 0.3 is 0 Å². The van der Waals surface area contributed by atoms with Gasteiger partial charge in [0.2, 0.25) is 5.89 Å². The van der Waals surface area contributed by atoms with Gasteiger partial charge in [-0.05, 0) is 19.3 Å². The van der Waals surface area contributed by atoms with Gasteiger partial charge in [0.15, 0.2) is 0 Å². The Labute approximate surface area is 96.0 Å². The SMILES string of the molecule is CC(Cl)c1ncc(CCC2CCCC2)o1. The third kappa shape index (κ3) is 2.97. The highest BCUT2D eigenvalue weighted by Gasteiger charge is 2.16. The van der Waals surface area contributed by atoms with E-state index in [0.717, 1.165) is 18.1 Å². The number of aromatic nitrogens is 1. The van der Waals surface area contributed by atoms with Crippen molar-refractivity contribution < 1.29 is 4.42 Å². The average Bonchev–Trinajstić information content (AvgIpc) is 2.86. The zero-order chi connectivity index (χ0) is 10.7. The molecule has 3 heteroatoms. The molecule has 0 aromatic carbocycles. The van der Waals surface area contributed by atoms with E-state index in [-0.39, 0.29) is 5.38 Å². The van der Waals surface area contributed by atoms with Crippen molar-refractivity contribution in [1.29, 1.82) is 0 Å². The molecule has 1 unspecified atom stereocenters. The molecule has 0 amide bonds. The summed E-state index contributed by atoms with van der Waals surface area (Å²) in [6.45, 7) is 1.88. The third-order valence-electron chi connectivity index (χ3n) is 3.19. The van der Waals surface area contributed by atoms with Crippen molar-refractivity contribution in [2.45, 2.75) is 50.8 Å². The molecule has 2 rings (SSSR count). The van der Waals surface area contributed by atoms with Crippen LogP contribution < -0.4 is 0 Å². The van der Waals surface area contributed by atoms with Gasteiger partial charge in [-0.1, -0.05) is 25.7 Å². The van der Waals surface area contributed by atoms with E-state index in [4.69, 9.17) is 16.0 Å². The lowest BCUT2D eigenvalue weighted by atomic mass is 10.0. The van der Waals surface area contributed by atoms with Crippen LogP contribution in [0.3, 0.4) is 0 Å². The Bertz CT molecular complexity index is 302. The highest BCUT2D eigenvalue weighted by Crippen LogP contribution is 2.29. The number of aryl methyl sites for hydroxylation is 1. The molecule has 1 aromatic rings. The molecule has 0 saturated heterocycles. The molecule has 1 aromatic heterocycles. The molecular weight excluding hydrogens is 210 g/mol. The van der Waals surface area contributed by atoms with Crippen LogP contribution in [0.2, 0.25) is 0 Å². The quantitative estimate of drug-likeness (QED) is 0.724. The normalized spacial score (nSPS) is 19.6. The van der Waals surface area contributed by atoms with E-state index >= 15 is 0 Å². The first-order valence-corrected chi connectivity index (χ1v) is 6.28. The molecule has 0 aliphatic heterocycles. The van der Waals surface area contributed by atoms with Crippen molar-refractivity contribution in [3.05, 3.63) is 17.8 Å². The van der Waals surface area contributed by atoms with E-state index in [9.17, 15) is 0 Å². The lowest BCUT2D eigenvalue weighted by Crippen LogP contribution is -1.95. The first-order chi connectivity index (χ1) is 7.25. The first-order valence-electron chi connectivity index (χ1n) is 5.84. The lowest BCUT2D eigenvalue weighted by molar-refractivity contribution is 0.422. The summed E-state index contributed by atoms with van der Waals surface area (Å²) in [6.07, 6.45) is 9.69. The Hall–Kier alpha value is -0.500. The monoisotopic (exact) mass is 227 g/mol. The molecule has 1 aliphatic carbocycles. The smallest absolute Gasteiger partial charge is 0.212 e. The zero-order valence-corrected chi connectivity index (χ0v) is 9.96. The molecule has 1 fully saturated rings. The Morgan fingerprint density at radius 3 is 2.87 bits per heavy atom. The van der Waals surface area contributed by atoms with E-state index in [2.05, 4.69) is 4.98 Å². The summed E-state index contributed by atoms with van der Waals surface area (Å²) in [5, 5.41) is -0.120. The second-order valence-electron chi connectivity index (χ2n) is 4.47. The first kappa shape index (κ1) is 11.0. The molecule has 84 valence electrons. The largest absolute Gasteiger partial charge is 0.444 e. The number of halogens is 1. The van der Waals surface area contributed by atoms with Gasteiger partial charge in [0.25, 0.3) is 0 Å². The molecule has 0 bridgehead atoms. The van der Waals surface area contributed by atoms with E-state index in [1.54, 1.807) is 0 Å². The molecule has 2 nitrogen and oxygen atoms in total. The summed E-state index contributed by atoms with van der Waals surface area (Å²) in [6, 6.07) is 0. The van der Waals surface area contributed by atoms with Gasteiger partial charge in [0.1, 0.15) is 11.1 Å². The topological polar surface area (TPSA) is 26.0 Å². The second-order valence-corrected chi connectivity index (χ2v) is 5.12. The molecule has 1 aliphatic rings. The molecule has 0 radical (unpaired) electrons. The zero-order valence-electron chi connectivity index (χ0n) is 9.21. The van der Waals surface area contributed by atoms with Crippen molar-refractivity contribution in [3.8, 4) is 0 Å². The van der Waals surface area contributed by atoms with Gasteiger partial charge in [-0.25, -0.2) is 4.98 Å². The van der Waals surface area contributed by atoms with E-state index in [1.807, 2.05) is 13.1 Å². The van der Waals surface area contributed by atoms with Crippen LogP contribution in [-0.4, -0.2) is 4.98 Å². The molecule has 0 N–H and O–H groups in total. The molecule has 1 saturated carbocycles. The summed E-state index contributed by atoms with van der Waals surface area (Å²) in [5.41, 5.74) is 0. The van der Waals surface area contributed by atoms with Crippen LogP contribution in [0, 0.1) is 5.92 Å². The molecule has 1 atom stereocenters. The lowest BCUT2D eigenvalue weighted by Gasteiger charge is -2.05. The molecule has 15 heavy (non-hydrogen) atoms. The summed E-state index contributed by atoms with van der Waals surface area (Å²) in [7, 11) is 0. The van der Waals surface area contributed by atoms with E-state index < -0.39 is 0 Å². The minimum atomic E-state index is -0.120. The van der Waals surface area contributed by atoms with Crippen molar-refractivity contribution in [2.24, 2.45) is 5.92 Å². The molecule has 1 heterocycles. The Morgan fingerprint density at radius 2 is 2.27 bits per heavy atom. The van der Waals surface area contributed by atoms with Crippen LogP contribution in [0.4, 0.5) is 0 Å². The number of hydrogen-bond donors (Lipinski definition) is 0. The van der Waals surface area contributed by atoms with Crippen molar-refractivity contribution in [3.63, 3.8) is 0 Å². The van der Waals surface area contributed by atoms with Crippen molar-refractivity contribution in [2.75, 3.05) is 0 Å². The van der Waals surface area contributed by atoms with Crippen LogP contribution in [-0.2, 0) is 6.42 Å². The van der Waals surface area contributed by atoms with Gasteiger partial charge < -0.3 is 4.42 Å². The fourth-order valence-corrected chi connectivity index (χ4v) is 2.37. The van der Waals surface area contributed by atoms with Gasteiger partial charge in [-0.3, -0.25) is 0 Å². The summed E-state index contributed by atoms with van der Waals surface area (Å²) in [4.78, 5) is 4.16. The Kier molecular flexibility index (Phi) is 3.68. The predicted molar refractivity (Wildman–Crippen MR) is 61.1 cm³/mol. The van der Waals surface area contributed by atoms with E-state index in [1.165, 1.54) is 32.1 Å². The van der Waals surface area contributed by atoms with E-state index in [0.29, 0.717) is 5.89 Å². The number of oxazole rings is 1. The Morgan fingerprint density at radius 1 is 1.53 bits per heavy atom. The number of alkyl halides is 1. The van der Waals surface area contributed by atoms with Gasteiger partial charge in [-0.15, -0.1) is 11.6 Å². The highest BCUT2D eigenvalue weighted by atomic mass is 35.5. The van der Waals surface area contributed by atoms with Crippen LogP contribution in [0.15, 0.2) is 10.6 Å². The second kappa shape index (κ2) is 5.02. The molecular formula is C12H18ClNO. The minimum absolute atomic E-state index is 0.120. The predicted octanol–water partition coefficient (Wildman–Crippen LogP) is 4.10. The van der Waals surface area contributed by atoms with Crippen LogP contribution in [0.5, 0.6) is 0 Å². The summed E-state index contributed by atoms with van der Waals surface area (Å²) in [5.74, 6) is 2.55. The third-order valence-corrected chi connectivity index (χ3v) is 3.37. The fraction of sp³-hybridized carbons (Fsp3) is 0.750. The minimum Gasteiger partial charge on any atom is -0.444 e. The standard InChI is InChI=1S/C12H18ClNO/c1-9(13)12-14-8-11(15-12)7-6-10-4-2-3-5-10/h8-10H,2-7H2,1H3. The summed E-state index contributed by atoms with van der Waals surface area (Å²) < 4.78 is 5.56. The fourth-order valence-electron chi connectivity index (χ4n) is 2.27.